The van der Waals surface area contributed by atoms with Gasteiger partial charge in [-0.1, -0.05) is 65.9 Å². The number of hydrogen-bond acceptors (Lipinski definition) is 10. The largest absolute Gasteiger partial charge is 0.481 e. The maximum absolute atomic E-state index is 12.7. The van der Waals surface area contributed by atoms with Crippen LogP contribution in [-0.4, -0.2) is 31.7 Å². The number of carbonyl (C=O) groups excluding carboxylic acids is 1. The molecule has 2 N–H and O–H groups in total. The molecule has 0 fully saturated rings. The number of aliphatic carboxylic acids is 1. The van der Waals surface area contributed by atoms with Crippen molar-refractivity contribution in [1.82, 2.24) is 14.6 Å². The molecule has 0 unspecified atom stereocenters. The van der Waals surface area contributed by atoms with Crippen LogP contribution in [0.5, 0.6) is 0 Å². The topological polar surface area (TPSA) is 114 Å². The lowest BCUT2D eigenvalue weighted by molar-refractivity contribution is -0.136. The summed E-state index contributed by atoms with van der Waals surface area (Å²) in [5.41, 5.74) is 4.34. The third kappa shape index (κ3) is 5.91. The Morgan fingerprint density at radius 3 is 2.34 bits per heavy atom. The minimum absolute atomic E-state index is 0.125. The normalized spacial score (nSPS) is 12.0. The molecule has 0 saturated carbocycles. The van der Waals surface area contributed by atoms with E-state index in [1.54, 1.807) is 22.7 Å². The Morgan fingerprint density at radius 1 is 0.927 bits per heavy atom. The van der Waals surface area contributed by atoms with Gasteiger partial charge in [-0.2, -0.15) is 4.37 Å². The molecule has 0 aliphatic rings. The van der Waals surface area contributed by atoms with Gasteiger partial charge in [0.25, 0.3) is 0 Å². The Morgan fingerprint density at radius 2 is 1.61 bits per heavy atom. The third-order valence-electron chi connectivity index (χ3n) is 6.26. The number of nitrogens with one attached hydrogen (secondary N) is 1. The molecular formula is C29H22N4O4S4. The lowest BCUT2D eigenvalue weighted by Gasteiger charge is -2.14. The van der Waals surface area contributed by atoms with Crippen LogP contribution < -0.4 is 5.32 Å². The number of aromatic nitrogens is 3. The van der Waals surface area contributed by atoms with Gasteiger partial charge in [-0.15, -0.1) is 32.9 Å². The van der Waals surface area contributed by atoms with Crippen LogP contribution in [0.25, 0.3) is 40.2 Å². The number of fused-ring (bicyclic) bond motifs is 1. The fraction of sp³-hybridized carbons (Fsp3) is 0.138. The number of carboxylic acid groups (broad SMARTS) is 1. The van der Waals surface area contributed by atoms with Gasteiger partial charge < -0.3 is 9.84 Å². The zero-order valence-electron chi connectivity index (χ0n) is 21.8. The first kappa shape index (κ1) is 27.2. The maximum atomic E-state index is 12.7. The Hall–Kier alpha value is -3.97. The lowest BCUT2D eigenvalue weighted by atomic mass is 10.1. The van der Waals surface area contributed by atoms with Crippen LogP contribution >= 0.6 is 45.5 Å². The summed E-state index contributed by atoms with van der Waals surface area (Å²) in [5.74, 6) is -0.919. The summed E-state index contributed by atoms with van der Waals surface area (Å²) in [5, 5.41) is 21.2. The van der Waals surface area contributed by atoms with Gasteiger partial charge in [-0.3, -0.25) is 10.1 Å². The zero-order chi connectivity index (χ0) is 28.5. The van der Waals surface area contributed by atoms with Crippen molar-refractivity contribution in [3.05, 3.63) is 83.0 Å². The molecule has 4 heterocycles. The average Bonchev–Trinajstić information content (AvgIpc) is 3.74. The smallest absolute Gasteiger partial charge is 0.412 e. The number of nitrogens with zero attached hydrogens (tertiary/aromatic N) is 3. The highest BCUT2D eigenvalue weighted by molar-refractivity contribution is 7.32. The van der Waals surface area contributed by atoms with E-state index in [1.807, 2.05) is 68.4 Å². The number of rotatable bonds is 8. The van der Waals surface area contributed by atoms with Crippen molar-refractivity contribution in [1.29, 1.82) is 0 Å². The highest BCUT2D eigenvalue weighted by Gasteiger charge is 2.20. The molecule has 2 aromatic carbocycles. The number of aryl methyl sites for hydroxylation is 1. The molecular weight excluding hydrogens is 597 g/mol. The predicted molar refractivity (Wildman–Crippen MR) is 166 cm³/mol. The van der Waals surface area contributed by atoms with Crippen LogP contribution in [0.15, 0.2) is 66.7 Å². The van der Waals surface area contributed by atoms with Crippen molar-refractivity contribution in [3.8, 4) is 30.8 Å². The van der Waals surface area contributed by atoms with Crippen molar-refractivity contribution in [2.45, 2.75) is 26.4 Å². The van der Waals surface area contributed by atoms with Gasteiger partial charge in [0.05, 0.1) is 27.6 Å². The number of anilines is 1. The van der Waals surface area contributed by atoms with Crippen molar-refractivity contribution < 1.29 is 19.4 Å². The molecule has 0 spiro atoms. The molecule has 0 saturated heterocycles. The second kappa shape index (κ2) is 11.5. The summed E-state index contributed by atoms with van der Waals surface area (Å²) in [7, 11) is 0. The lowest BCUT2D eigenvalue weighted by Crippen LogP contribution is -2.16. The average molecular weight is 619 g/mol. The van der Waals surface area contributed by atoms with Crippen LogP contribution in [0.2, 0.25) is 0 Å². The number of amides is 1. The van der Waals surface area contributed by atoms with E-state index >= 15 is 0 Å². The molecule has 8 nitrogen and oxygen atoms in total. The molecule has 4 aromatic heterocycles. The Labute approximate surface area is 251 Å². The zero-order valence-corrected chi connectivity index (χ0v) is 25.0. The molecule has 6 rings (SSSR count). The van der Waals surface area contributed by atoms with E-state index in [9.17, 15) is 9.59 Å². The van der Waals surface area contributed by atoms with E-state index in [0.29, 0.717) is 15.7 Å². The fourth-order valence-electron chi connectivity index (χ4n) is 4.21. The number of hydrogen-bond donors (Lipinski definition) is 2. The van der Waals surface area contributed by atoms with Crippen molar-refractivity contribution >= 4 is 72.7 Å². The minimum Gasteiger partial charge on any atom is -0.481 e. The van der Waals surface area contributed by atoms with Gasteiger partial charge in [0.2, 0.25) is 0 Å². The first-order valence-electron chi connectivity index (χ1n) is 12.5. The van der Waals surface area contributed by atoms with Crippen LogP contribution in [0.3, 0.4) is 0 Å². The summed E-state index contributed by atoms with van der Waals surface area (Å²) in [6.07, 6.45) is -1.01. The van der Waals surface area contributed by atoms with Crippen LogP contribution in [0.1, 0.15) is 29.3 Å². The van der Waals surface area contributed by atoms with Crippen molar-refractivity contribution in [2.24, 2.45) is 0 Å². The van der Waals surface area contributed by atoms with Gasteiger partial charge in [-0.25, -0.2) is 4.79 Å². The van der Waals surface area contributed by atoms with E-state index in [4.69, 9.17) is 9.84 Å². The molecule has 0 radical (unpaired) electrons. The van der Waals surface area contributed by atoms with E-state index in [1.165, 1.54) is 22.9 Å². The molecule has 6 aromatic rings. The molecule has 0 aliphatic heterocycles. The first-order chi connectivity index (χ1) is 19.8. The maximum Gasteiger partial charge on any atom is 0.412 e. The number of carbonyl (C=O) groups is 2. The number of ether oxygens (including phenoxy) is 1. The number of thiophene rings is 2. The summed E-state index contributed by atoms with van der Waals surface area (Å²) in [6.45, 7) is 3.73. The van der Waals surface area contributed by atoms with E-state index in [-0.39, 0.29) is 12.5 Å². The van der Waals surface area contributed by atoms with Crippen LogP contribution in [0.4, 0.5) is 10.5 Å². The van der Waals surface area contributed by atoms with Crippen molar-refractivity contribution in [3.63, 3.8) is 0 Å². The van der Waals surface area contributed by atoms with Gasteiger partial charge in [0.15, 0.2) is 0 Å². The SMILES string of the molecule is Cc1nsc(-c2cc3sc(-c4ccc(-c5nnc(CC(=O)O)s5)cc4)cc3s2)c1NC(=O)O[C@H](C)c1ccccc1. The molecule has 41 heavy (non-hydrogen) atoms. The number of benzene rings is 2. The summed E-state index contributed by atoms with van der Waals surface area (Å²) in [4.78, 5) is 26.7. The van der Waals surface area contributed by atoms with E-state index in [0.717, 1.165) is 46.4 Å². The highest BCUT2D eigenvalue weighted by Crippen LogP contribution is 2.45. The standard InChI is InChI=1S/C29H22N4O4S4/c1-15-26(30-29(36)37-16(2)17-6-4-3-5-7-17)27(41-33-15)23-13-22-21(39-23)12-20(38-22)18-8-10-19(11-9-18)28-32-31-24(40-28)14-25(34)35/h3-13,16H,14H2,1-2H3,(H,30,36)(H,34,35)/t16-/m1/s1. The first-order valence-corrected chi connectivity index (χ1v) is 15.7. The quantitative estimate of drug-likeness (QED) is 0.176. The van der Waals surface area contributed by atoms with Gasteiger partial charge in [0, 0.05) is 19.8 Å². The monoisotopic (exact) mass is 618 g/mol. The van der Waals surface area contributed by atoms with E-state index < -0.39 is 12.1 Å². The summed E-state index contributed by atoms with van der Waals surface area (Å²) >= 11 is 6.02. The summed E-state index contributed by atoms with van der Waals surface area (Å²) < 4.78 is 12.4. The highest BCUT2D eigenvalue weighted by atomic mass is 32.1. The molecule has 206 valence electrons. The fourth-order valence-corrected chi connectivity index (χ4v) is 8.39. The Bertz CT molecular complexity index is 1820. The van der Waals surface area contributed by atoms with Gasteiger partial charge in [-0.05, 0) is 48.6 Å². The second-order valence-electron chi connectivity index (χ2n) is 9.15. The number of carboxylic acids is 1. The van der Waals surface area contributed by atoms with Gasteiger partial charge >= 0.3 is 12.1 Å². The van der Waals surface area contributed by atoms with Gasteiger partial charge in [0.1, 0.15) is 16.1 Å². The van der Waals surface area contributed by atoms with E-state index in [2.05, 4.69) is 32.0 Å². The third-order valence-corrected chi connectivity index (χ3v) is 10.7. The van der Waals surface area contributed by atoms with Crippen LogP contribution in [0, 0.1) is 6.92 Å². The summed E-state index contributed by atoms with van der Waals surface area (Å²) in [6, 6.07) is 22.0. The molecule has 1 atom stereocenters. The second-order valence-corrected chi connectivity index (χ2v) is 13.2. The molecule has 0 bridgehead atoms. The molecule has 12 heteroatoms. The molecule has 1 amide bonds. The van der Waals surface area contributed by atoms with Crippen LogP contribution in [-0.2, 0) is 16.0 Å². The van der Waals surface area contributed by atoms with Crippen molar-refractivity contribution in [2.75, 3.05) is 5.32 Å². The Balaban J connectivity index is 1.17. The molecule has 0 aliphatic carbocycles. The minimum atomic E-state index is -0.919. The Kier molecular flexibility index (Phi) is 7.63. The predicted octanol–water partition coefficient (Wildman–Crippen LogP) is 8.52.